The van der Waals surface area contributed by atoms with Gasteiger partial charge in [0.2, 0.25) is 0 Å². The molecule has 0 aliphatic heterocycles. The minimum atomic E-state index is -1.57. The minimum absolute atomic E-state index is 0.0626. The number of aliphatic hydroxyl groups is 1. The van der Waals surface area contributed by atoms with Gasteiger partial charge in [0.1, 0.15) is 0 Å². The molecule has 1 fully saturated rings. The van der Waals surface area contributed by atoms with Crippen LogP contribution < -0.4 is 0 Å². The van der Waals surface area contributed by atoms with Crippen molar-refractivity contribution in [2.45, 2.75) is 33.0 Å². The lowest BCUT2D eigenvalue weighted by Gasteiger charge is -2.38. The molecule has 1 nitrogen and oxygen atoms in total. The van der Waals surface area contributed by atoms with E-state index in [1.165, 1.54) is 0 Å². The van der Waals surface area contributed by atoms with Crippen molar-refractivity contribution in [1.29, 1.82) is 0 Å². The van der Waals surface area contributed by atoms with Crippen LogP contribution in [0.4, 0.5) is 4.39 Å². The fourth-order valence-electron chi connectivity index (χ4n) is 1.48. The Morgan fingerprint density at radius 3 is 2.10 bits per heavy atom. The van der Waals surface area contributed by atoms with E-state index in [4.69, 9.17) is 5.11 Å². The van der Waals surface area contributed by atoms with Gasteiger partial charge in [-0.25, -0.2) is 4.39 Å². The normalized spacial score (nSPS) is 35.7. The third-order valence-corrected chi connectivity index (χ3v) is 2.54. The summed E-state index contributed by atoms with van der Waals surface area (Å²) in [5.74, 6) is 1.23. The third kappa shape index (κ3) is 1.48. The Kier molecular flexibility index (Phi) is 2.29. The van der Waals surface area contributed by atoms with Crippen molar-refractivity contribution in [2.75, 3.05) is 0 Å². The molecule has 1 rings (SSSR count). The molecule has 1 unspecified atom stereocenters. The molecule has 1 N–H and O–H groups in total. The summed E-state index contributed by atoms with van der Waals surface area (Å²) in [4.78, 5) is 0. The number of hydrogen-bond acceptors (Lipinski definition) is 1. The highest BCUT2D eigenvalue weighted by molar-refractivity contribution is 4.82. The van der Waals surface area contributed by atoms with Gasteiger partial charge in [-0.1, -0.05) is 13.8 Å². The molecule has 0 amide bonds. The highest BCUT2D eigenvalue weighted by Gasteiger charge is 2.35. The molecule has 0 heterocycles. The van der Waals surface area contributed by atoms with E-state index in [1.54, 1.807) is 0 Å². The van der Waals surface area contributed by atoms with Gasteiger partial charge in [-0.3, -0.25) is 0 Å². The summed E-state index contributed by atoms with van der Waals surface area (Å²) in [6, 6.07) is 0. The zero-order valence-corrected chi connectivity index (χ0v) is 6.55. The van der Waals surface area contributed by atoms with Gasteiger partial charge in [-0.2, -0.15) is 0 Å². The summed E-state index contributed by atoms with van der Waals surface area (Å²) in [5.41, 5.74) is 0. The van der Waals surface area contributed by atoms with E-state index in [0.717, 1.165) is 12.8 Å². The quantitative estimate of drug-likeness (QED) is 0.631. The zero-order chi connectivity index (χ0) is 7.72. The molecule has 0 aromatic rings. The Hall–Kier alpha value is -0.110. The maximum absolute atomic E-state index is 12.1. The maximum atomic E-state index is 12.1. The summed E-state index contributed by atoms with van der Waals surface area (Å²) in [7, 11) is 0. The lowest BCUT2D eigenvalue weighted by atomic mass is 9.69. The van der Waals surface area contributed by atoms with Gasteiger partial charge in [-0.05, 0) is 24.7 Å². The van der Waals surface area contributed by atoms with Crippen LogP contribution in [0, 0.1) is 17.8 Å². The first kappa shape index (κ1) is 7.99. The standard InChI is InChI=1S/C8H15FO/c1-5(2)6-3-7(4-6)8(9)10/h5-8,10H,3-4H2,1-2H3/t6-,7+,8?. The average molecular weight is 146 g/mol. The van der Waals surface area contributed by atoms with Gasteiger partial charge in [0, 0.05) is 5.92 Å². The molecule has 0 aromatic carbocycles. The number of rotatable bonds is 2. The second-order valence-electron chi connectivity index (χ2n) is 3.61. The van der Waals surface area contributed by atoms with E-state index < -0.39 is 6.36 Å². The van der Waals surface area contributed by atoms with Gasteiger partial charge in [0.25, 0.3) is 0 Å². The SMILES string of the molecule is CC(C)[C@H]1C[C@@H](C(O)F)C1. The predicted octanol–water partition coefficient (Wildman–Crippen LogP) is 1.96. The number of aliphatic hydroxyl groups excluding tert-OH is 1. The Bertz CT molecular complexity index is 93.8. The maximum Gasteiger partial charge on any atom is 0.199 e. The van der Waals surface area contributed by atoms with Gasteiger partial charge >= 0.3 is 0 Å². The summed E-state index contributed by atoms with van der Waals surface area (Å²) >= 11 is 0. The van der Waals surface area contributed by atoms with Crippen molar-refractivity contribution in [1.82, 2.24) is 0 Å². The van der Waals surface area contributed by atoms with E-state index in [0.29, 0.717) is 11.8 Å². The van der Waals surface area contributed by atoms with Gasteiger partial charge in [0.15, 0.2) is 6.36 Å². The Morgan fingerprint density at radius 1 is 1.30 bits per heavy atom. The van der Waals surface area contributed by atoms with Crippen molar-refractivity contribution in [3.8, 4) is 0 Å². The Balaban J connectivity index is 2.18. The topological polar surface area (TPSA) is 20.2 Å². The third-order valence-electron chi connectivity index (χ3n) is 2.54. The summed E-state index contributed by atoms with van der Waals surface area (Å²) in [6.45, 7) is 4.29. The van der Waals surface area contributed by atoms with E-state index >= 15 is 0 Å². The lowest BCUT2D eigenvalue weighted by molar-refractivity contribution is -0.0690. The Labute approximate surface area is 61.2 Å². The van der Waals surface area contributed by atoms with Crippen LogP contribution in [0.1, 0.15) is 26.7 Å². The van der Waals surface area contributed by atoms with Gasteiger partial charge in [-0.15, -0.1) is 0 Å². The molecule has 1 aliphatic carbocycles. The molecular weight excluding hydrogens is 131 g/mol. The highest BCUT2D eigenvalue weighted by Crippen LogP contribution is 2.40. The summed E-state index contributed by atoms with van der Waals surface area (Å²) in [6.07, 6.45) is 0.167. The molecule has 0 saturated heterocycles. The van der Waals surface area contributed by atoms with Crippen molar-refractivity contribution in [2.24, 2.45) is 17.8 Å². The van der Waals surface area contributed by atoms with Crippen LogP contribution in [0.25, 0.3) is 0 Å². The number of halogens is 1. The van der Waals surface area contributed by atoms with Crippen LogP contribution in [0.2, 0.25) is 0 Å². The average Bonchev–Trinajstić information content (AvgIpc) is 1.56. The molecular formula is C8H15FO. The lowest BCUT2D eigenvalue weighted by Crippen LogP contribution is -2.33. The second kappa shape index (κ2) is 2.87. The molecule has 60 valence electrons. The van der Waals surface area contributed by atoms with Gasteiger partial charge in [0.05, 0.1) is 0 Å². The van der Waals surface area contributed by atoms with Crippen molar-refractivity contribution >= 4 is 0 Å². The van der Waals surface area contributed by atoms with Gasteiger partial charge < -0.3 is 5.11 Å². The van der Waals surface area contributed by atoms with Crippen molar-refractivity contribution in [3.63, 3.8) is 0 Å². The largest absolute Gasteiger partial charge is 0.364 e. The first-order chi connectivity index (χ1) is 4.61. The molecule has 0 spiro atoms. The van der Waals surface area contributed by atoms with Crippen LogP contribution in [0.3, 0.4) is 0 Å². The number of alkyl halides is 1. The fraction of sp³-hybridized carbons (Fsp3) is 1.00. The molecule has 1 saturated carbocycles. The van der Waals surface area contributed by atoms with Crippen LogP contribution in [-0.2, 0) is 0 Å². The highest BCUT2D eigenvalue weighted by atomic mass is 19.1. The zero-order valence-electron chi connectivity index (χ0n) is 6.55. The fourth-order valence-corrected chi connectivity index (χ4v) is 1.48. The molecule has 1 aliphatic rings. The predicted molar refractivity (Wildman–Crippen MR) is 38.2 cm³/mol. The van der Waals surface area contributed by atoms with Crippen LogP contribution >= 0.6 is 0 Å². The second-order valence-corrected chi connectivity index (χ2v) is 3.61. The summed E-state index contributed by atoms with van der Waals surface area (Å²) < 4.78 is 12.1. The van der Waals surface area contributed by atoms with Crippen molar-refractivity contribution < 1.29 is 9.50 Å². The molecule has 2 heteroatoms. The smallest absolute Gasteiger partial charge is 0.199 e. The van der Waals surface area contributed by atoms with E-state index in [9.17, 15) is 4.39 Å². The summed E-state index contributed by atoms with van der Waals surface area (Å²) in [5, 5.41) is 8.51. The first-order valence-electron chi connectivity index (χ1n) is 3.93. The molecule has 10 heavy (non-hydrogen) atoms. The van der Waals surface area contributed by atoms with Crippen LogP contribution in [0.15, 0.2) is 0 Å². The number of hydrogen-bond donors (Lipinski definition) is 1. The van der Waals surface area contributed by atoms with E-state index in [2.05, 4.69) is 13.8 Å². The monoisotopic (exact) mass is 146 g/mol. The Morgan fingerprint density at radius 2 is 1.80 bits per heavy atom. The van der Waals surface area contributed by atoms with Crippen LogP contribution in [0.5, 0.6) is 0 Å². The van der Waals surface area contributed by atoms with Crippen LogP contribution in [-0.4, -0.2) is 11.5 Å². The first-order valence-corrected chi connectivity index (χ1v) is 3.93. The molecule has 0 bridgehead atoms. The van der Waals surface area contributed by atoms with E-state index in [-0.39, 0.29) is 5.92 Å². The van der Waals surface area contributed by atoms with Crippen molar-refractivity contribution in [3.05, 3.63) is 0 Å². The molecule has 0 aromatic heterocycles. The minimum Gasteiger partial charge on any atom is -0.364 e. The molecule has 1 atom stereocenters. The molecule has 0 radical (unpaired) electrons. The van der Waals surface area contributed by atoms with E-state index in [1.807, 2.05) is 0 Å².